The van der Waals surface area contributed by atoms with Gasteiger partial charge in [0, 0.05) is 14.2 Å². The van der Waals surface area contributed by atoms with Gasteiger partial charge in [0.05, 0.1) is 0 Å². The fourth-order valence-electron chi connectivity index (χ4n) is 0.980. The maximum atomic E-state index is 9.08. The van der Waals surface area contributed by atoms with Crippen molar-refractivity contribution >= 4 is 11.9 Å². The highest BCUT2D eigenvalue weighted by Crippen LogP contribution is 2.07. The lowest BCUT2D eigenvalue weighted by Gasteiger charge is -2.18. The monoisotopic (exact) mass is 229 g/mol. The van der Waals surface area contributed by atoms with Crippen LogP contribution in [-0.2, 0) is 9.47 Å². The average Bonchev–Trinajstić information content (AvgIpc) is 2.33. The van der Waals surface area contributed by atoms with Crippen LogP contribution in [0.4, 0.5) is 11.9 Å². The summed E-state index contributed by atoms with van der Waals surface area (Å²) in [6.45, 7) is 0.263. The zero-order chi connectivity index (χ0) is 11.8. The van der Waals surface area contributed by atoms with Gasteiger partial charge in [-0.05, 0) is 0 Å². The number of aliphatic hydroxyl groups is 1. The highest BCUT2D eigenvalue weighted by molar-refractivity contribution is 5.34. The molecule has 0 aromatic carbocycles. The second kappa shape index (κ2) is 6.88. The molecule has 0 radical (unpaired) electrons. The Morgan fingerprint density at radius 1 is 1.38 bits per heavy atom. The van der Waals surface area contributed by atoms with Crippen LogP contribution in [0, 0.1) is 0 Å². The first-order valence-corrected chi connectivity index (χ1v) is 4.58. The maximum Gasteiger partial charge on any atom is 0.233 e. The predicted molar refractivity (Wildman–Crippen MR) is 56.8 cm³/mol. The molecule has 0 aliphatic rings. The highest BCUT2D eigenvalue weighted by atomic mass is 16.5. The fraction of sp³-hybridized carbons (Fsp3) is 0.625. The van der Waals surface area contributed by atoms with Crippen molar-refractivity contribution in [3.63, 3.8) is 0 Å². The van der Waals surface area contributed by atoms with Crippen LogP contribution in [0.1, 0.15) is 0 Å². The number of aliphatic hydroxyl groups excluding tert-OH is 1. The van der Waals surface area contributed by atoms with E-state index in [2.05, 4.69) is 20.3 Å². The summed E-state index contributed by atoms with van der Waals surface area (Å²) in [6.07, 6.45) is 1.35. The second-order valence-electron chi connectivity index (χ2n) is 2.82. The smallest absolute Gasteiger partial charge is 0.233 e. The van der Waals surface area contributed by atoms with Crippen LogP contribution >= 0.6 is 0 Å². The molecule has 0 aliphatic carbocycles. The number of methoxy groups -OCH3 is 2. The number of nitrogens with one attached hydrogen (secondary N) is 1. The summed E-state index contributed by atoms with van der Waals surface area (Å²) >= 11 is 0. The summed E-state index contributed by atoms with van der Waals surface area (Å²) in [5.74, 6) is 0.708. The standard InChI is InChI=1S/C8H15N5O3/c1-15-4-11-7-9-3-10-8(12-7)13(5-14)6-16-2/h3,14H,4-6H2,1-2H3,(H,9,10,11,12). The lowest BCUT2D eigenvalue weighted by molar-refractivity contribution is 0.166. The Hall–Kier alpha value is -1.51. The number of aromatic nitrogens is 3. The van der Waals surface area contributed by atoms with E-state index in [9.17, 15) is 0 Å². The Kier molecular flexibility index (Phi) is 5.40. The Morgan fingerprint density at radius 2 is 2.19 bits per heavy atom. The molecule has 0 saturated carbocycles. The van der Waals surface area contributed by atoms with E-state index in [0.29, 0.717) is 18.6 Å². The van der Waals surface area contributed by atoms with Crippen molar-refractivity contribution in [1.82, 2.24) is 15.0 Å². The molecule has 1 aromatic heterocycles. The summed E-state index contributed by atoms with van der Waals surface area (Å²) in [5, 5.41) is 11.9. The van der Waals surface area contributed by atoms with E-state index in [0.717, 1.165) is 0 Å². The van der Waals surface area contributed by atoms with Gasteiger partial charge >= 0.3 is 0 Å². The molecular weight excluding hydrogens is 214 g/mol. The Bertz CT molecular complexity index is 311. The van der Waals surface area contributed by atoms with Crippen molar-refractivity contribution in [2.24, 2.45) is 0 Å². The van der Waals surface area contributed by atoms with E-state index >= 15 is 0 Å². The Balaban J connectivity index is 2.71. The number of hydrogen-bond acceptors (Lipinski definition) is 8. The summed E-state index contributed by atoms with van der Waals surface area (Å²) < 4.78 is 9.71. The van der Waals surface area contributed by atoms with E-state index in [1.165, 1.54) is 18.3 Å². The Labute approximate surface area is 93.2 Å². The summed E-state index contributed by atoms with van der Waals surface area (Å²) in [5.41, 5.74) is 0. The van der Waals surface area contributed by atoms with Crippen LogP contribution in [-0.4, -0.2) is 54.5 Å². The van der Waals surface area contributed by atoms with Crippen molar-refractivity contribution < 1.29 is 14.6 Å². The molecule has 8 heteroatoms. The number of rotatable bonds is 7. The minimum absolute atomic E-state index is 0.199. The molecule has 0 aliphatic heterocycles. The van der Waals surface area contributed by atoms with Gasteiger partial charge in [0.2, 0.25) is 11.9 Å². The fourth-order valence-corrected chi connectivity index (χ4v) is 0.980. The van der Waals surface area contributed by atoms with Gasteiger partial charge in [-0.1, -0.05) is 0 Å². The van der Waals surface area contributed by atoms with Crippen LogP contribution in [0.2, 0.25) is 0 Å². The summed E-state index contributed by atoms with van der Waals surface area (Å²) in [4.78, 5) is 13.3. The van der Waals surface area contributed by atoms with Crippen molar-refractivity contribution in [2.75, 3.05) is 44.6 Å². The van der Waals surface area contributed by atoms with E-state index in [4.69, 9.17) is 14.6 Å². The molecule has 1 rings (SSSR count). The maximum absolute atomic E-state index is 9.08. The first-order valence-electron chi connectivity index (χ1n) is 4.58. The number of hydrogen-bond donors (Lipinski definition) is 2. The molecule has 1 aromatic rings. The quantitative estimate of drug-likeness (QED) is 0.590. The molecule has 0 spiro atoms. The van der Waals surface area contributed by atoms with Crippen LogP contribution in [0.3, 0.4) is 0 Å². The van der Waals surface area contributed by atoms with Crippen molar-refractivity contribution in [1.29, 1.82) is 0 Å². The molecule has 0 atom stereocenters. The molecule has 16 heavy (non-hydrogen) atoms. The van der Waals surface area contributed by atoms with Gasteiger partial charge < -0.3 is 19.9 Å². The van der Waals surface area contributed by atoms with Gasteiger partial charge in [-0.25, -0.2) is 9.97 Å². The SMILES string of the molecule is COCNc1ncnc(N(CO)COC)n1. The average molecular weight is 229 g/mol. The van der Waals surface area contributed by atoms with Crippen molar-refractivity contribution in [3.05, 3.63) is 6.33 Å². The van der Waals surface area contributed by atoms with Gasteiger partial charge in [-0.15, -0.1) is 0 Å². The molecule has 0 bridgehead atoms. The third-order valence-corrected chi connectivity index (χ3v) is 1.67. The van der Waals surface area contributed by atoms with Gasteiger partial charge in [-0.2, -0.15) is 4.98 Å². The predicted octanol–water partition coefficient (Wildman–Crippen LogP) is -0.752. The minimum Gasteiger partial charge on any atom is -0.376 e. The molecule has 0 unspecified atom stereocenters. The van der Waals surface area contributed by atoms with Crippen LogP contribution in [0.25, 0.3) is 0 Å². The largest absolute Gasteiger partial charge is 0.376 e. The molecule has 2 N–H and O–H groups in total. The van der Waals surface area contributed by atoms with Crippen LogP contribution < -0.4 is 10.2 Å². The number of nitrogens with zero attached hydrogens (tertiary/aromatic N) is 4. The zero-order valence-corrected chi connectivity index (χ0v) is 9.25. The second-order valence-corrected chi connectivity index (χ2v) is 2.82. The first kappa shape index (κ1) is 12.6. The van der Waals surface area contributed by atoms with Crippen molar-refractivity contribution in [2.45, 2.75) is 0 Å². The van der Waals surface area contributed by atoms with Crippen molar-refractivity contribution in [3.8, 4) is 0 Å². The normalized spacial score (nSPS) is 10.2. The highest BCUT2D eigenvalue weighted by Gasteiger charge is 2.08. The molecular formula is C8H15N5O3. The van der Waals surface area contributed by atoms with Gasteiger partial charge in [0.15, 0.2) is 0 Å². The van der Waals surface area contributed by atoms with E-state index in [1.54, 1.807) is 7.11 Å². The molecule has 8 nitrogen and oxygen atoms in total. The summed E-state index contributed by atoms with van der Waals surface area (Å²) in [6, 6.07) is 0. The zero-order valence-electron chi connectivity index (χ0n) is 9.25. The molecule has 90 valence electrons. The van der Waals surface area contributed by atoms with Gasteiger partial charge in [0.25, 0.3) is 0 Å². The minimum atomic E-state index is -0.235. The van der Waals surface area contributed by atoms with Crippen LogP contribution in [0.5, 0.6) is 0 Å². The van der Waals surface area contributed by atoms with E-state index in [-0.39, 0.29) is 13.5 Å². The summed E-state index contributed by atoms with van der Waals surface area (Å²) in [7, 11) is 3.08. The molecule has 0 fully saturated rings. The van der Waals surface area contributed by atoms with E-state index in [1.807, 2.05) is 0 Å². The number of ether oxygens (including phenoxy) is 2. The first-order chi connectivity index (χ1) is 7.81. The topological polar surface area (TPSA) is 92.6 Å². The van der Waals surface area contributed by atoms with Gasteiger partial charge in [-0.3, -0.25) is 4.90 Å². The van der Waals surface area contributed by atoms with E-state index < -0.39 is 0 Å². The lowest BCUT2D eigenvalue weighted by Crippen LogP contribution is -2.28. The van der Waals surface area contributed by atoms with Gasteiger partial charge in [0.1, 0.15) is 26.5 Å². The lowest BCUT2D eigenvalue weighted by atomic mass is 10.7. The van der Waals surface area contributed by atoms with Crippen LogP contribution in [0.15, 0.2) is 6.33 Å². The number of anilines is 2. The molecule has 1 heterocycles. The molecule has 0 saturated heterocycles. The Morgan fingerprint density at radius 3 is 2.81 bits per heavy atom. The molecule has 0 amide bonds. The third kappa shape index (κ3) is 3.57. The third-order valence-electron chi connectivity index (χ3n) is 1.67.